The average Bonchev–Trinajstić information content (AvgIpc) is 2.93. The van der Waals surface area contributed by atoms with Gasteiger partial charge in [0.15, 0.2) is 6.23 Å². The van der Waals surface area contributed by atoms with E-state index in [1.807, 2.05) is 0 Å². The maximum Gasteiger partial charge on any atom is 0.459 e. The molecular weight excluding hydrogens is 478 g/mol. The minimum absolute atomic E-state index is 0.0149. The second kappa shape index (κ2) is 9.41. The van der Waals surface area contributed by atoms with Gasteiger partial charge in [0.2, 0.25) is 0 Å². The summed E-state index contributed by atoms with van der Waals surface area (Å²) in [6.45, 7) is 0.888. The van der Waals surface area contributed by atoms with E-state index >= 15 is 4.39 Å². The fourth-order valence-electron chi connectivity index (χ4n) is 3.17. The van der Waals surface area contributed by atoms with Crippen LogP contribution in [0.5, 0.6) is 5.75 Å². The largest absolute Gasteiger partial charge is 0.480 e. The van der Waals surface area contributed by atoms with E-state index in [1.54, 1.807) is 18.2 Å². The van der Waals surface area contributed by atoms with Gasteiger partial charge in [0.1, 0.15) is 35.9 Å². The number of aliphatic hydroxyl groups excluding tert-OH is 1. The van der Waals surface area contributed by atoms with E-state index in [0.29, 0.717) is 4.57 Å². The summed E-state index contributed by atoms with van der Waals surface area (Å²) < 4.78 is 45.2. The number of anilines is 1. The molecule has 1 aliphatic rings. The molecule has 6 atom stereocenters. The highest BCUT2D eigenvalue weighted by Gasteiger charge is 2.63. The number of rotatable bonds is 9. The Morgan fingerprint density at radius 2 is 2.06 bits per heavy atom. The number of aliphatic hydroxyl groups is 2. The Kier molecular flexibility index (Phi) is 7.12. The molecule has 0 radical (unpaired) electrons. The zero-order chi connectivity index (χ0) is 25.3. The Morgan fingerprint density at radius 1 is 1.41 bits per heavy atom. The number of aromatic nitrogens is 2. The van der Waals surface area contributed by atoms with Crippen LogP contribution in [-0.2, 0) is 18.6 Å². The summed E-state index contributed by atoms with van der Waals surface area (Å²) in [7, 11) is -4.56. The molecule has 3 rings (SSSR count). The van der Waals surface area contributed by atoms with E-state index in [4.69, 9.17) is 24.6 Å². The summed E-state index contributed by atoms with van der Waals surface area (Å²) in [6, 6.07) is 7.28. The van der Waals surface area contributed by atoms with E-state index < -0.39 is 55.8 Å². The Morgan fingerprint density at radius 3 is 2.65 bits per heavy atom. The number of hydrogen-bond acceptors (Lipinski definition) is 10. The molecule has 6 N–H and O–H groups in total. The zero-order valence-electron chi connectivity index (χ0n) is 18.1. The Balaban J connectivity index is 1.86. The van der Waals surface area contributed by atoms with E-state index in [1.165, 1.54) is 18.2 Å². The van der Waals surface area contributed by atoms with Crippen molar-refractivity contribution < 1.29 is 42.9 Å². The number of ether oxygens (including phenoxy) is 1. The minimum atomic E-state index is -4.56. The molecule has 0 aliphatic carbocycles. The third kappa shape index (κ3) is 5.27. The predicted octanol–water partition coefficient (Wildman–Crippen LogP) is 0.398. The van der Waals surface area contributed by atoms with Crippen LogP contribution in [0.1, 0.15) is 20.1 Å². The van der Waals surface area contributed by atoms with E-state index in [0.717, 1.165) is 20.0 Å². The lowest BCUT2D eigenvalue weighted by molar-refractivity contribution is -0.203. The van der Waals surface area contributed by atoms with Crippen molar-refractivity contribution in [1.82, 2.24) is 14.6 Å². The fraction of sp³-hybridized carbons (Fsp3) is 0.421. The van der Waals surface area contributed by atoms with E-state index in [-0.39, 0.29) is 11.6 Å². The Bertz CT molecular complexity index is 1150. The molecule has 2 aromatic rings. The molecule has 1 aromatic carbocycles. The molecule has 0 unspecified atom stereocenters. The molecule has 1 fully saturated rings. The average molecular weight is 502 g/mol. The number of benzene rings is 1. The molecule has 0 amide bonds. The summed E-state index contributed by atoms with van der Waals surface area (Å²) in [5, 5.41) is 32.5. The first-order valence-electron chi connectivity index (χ1n) is 9.89. The number of hydrogen-bond donors (Lipinski definition) is 5. The zero-order valence-corrected chi connectivity index (χ0v) is 19.0. The van der Waals surface area contributed by atoms with Gasteiger partial charge in [-0.15, -0.1) is 0 Å². The highest BCUT2D eigenvalue weighted by Crippen LogP contribution is 2.50. The molecule has 1 aromatic heterocycles. The molecule has 13 nitrogen and oxygen atoms in total. The number of carboxylic acid groups (broad SMARTS) is 1. The maximum atomic E-state index is 15.7. The number of nitrogen functional groups attached to an aromatic ring is 1. The third-order valence-corrected chi connectivity index (χ3v) is 6.62. The van der Waals surface area contributed by atoms with Gasteiger partial charge in [-0.3, -0.25) is 13.9 Å². The number of nitrogens with two attached hydrogens (primary N) is 1. The number of carbonyl (C=O) groups is 1. The summed E-state index contributed by atoms with van der Waals surface area (Å²) in [5.41, 5.74) is 2.07. The van der Waals surface area contributed by atoms with Crippen molar-refractivity contribution in [2.45, 2.75) is 43.7 Å². The van der Waals surface area contributed by atoms with Crippen LogP contribution in [0.2, 0.25) is 0 Å². The molecule has 0 spiro atoms. The minimum Gasteiger partial charge on any atom is -0.480 e. The van der Waals surface area contributed by atoms with Gasteiger partial charge in [-0.1, -0.05) is 18.2 Å². The van der Waals surface area contributed by atoms with Gasteiger partial charge in [0.25, 0.3) is 5.85 Å². The number of nitrogens with zero attached hydrogens (tertiary/aromatic N) is 2. The lowest BCUT2D eigenvalue weighted by Gasteiger charge is -2.28. The van der Waals surface area contributed by atoms with Crippen LogP contribution >= 0.6 is 7.75 Å². The van der Waals surface area contributed by atoms with Crippen LogP contribution in [0.4, 0.5) is 10.2 Å². The molecule has 34 heavy (non-hydrogen) atoms. The first-order valence-corrected chi connectivity index (χ1v) is 11.4. The lowest BCUT2D eigenvalue weighted by Crippen LogP contribution is -2.50. The number of para-hydroxylation sites is 1. The highest BCUT2D eigenvalue weighted by molar-refractivity contribution is 7.52. The van der Waals surface area contributed by atoms with Crippen molar-refractivity contribution in [3.05, 3.63) is 53.1 Å². The second-order valence-corrected chi connectivity index (χ2v) is 9.49. The van der Waals surface area contributed by atoms with Crippen molar-refractivity contribution in [2.75, 3.05) is 12.3 Å². The number of alkyl halides is 1. The highest BCUT2D eigenvalue weighted by atomic mass is 31.2. The van der Waals surface area contributed by atoms with Crippen LogP contribution in [-0.4, -0.2) is 61.0 Å². The summed E-state index contributed by atoms with van der Waals surface area (Å²) in [6.07, 6.45) is -2.98. The Labute approximate surface area is 192 Å². The van der Waals surface area contributed by atoms with Gasteiger partial charge < -0.3 is 30.3 Å². The number of carboxylic acids is 1. The molecule has 0 bridgehead atoms. The van der Waals surface area contributed by atoms with E-state index in [2.05, 4.69) is 10.1 Å². The van der Waals surface area contributed by atoms with Crippen LogP contribution in [0.3, 0.4) is 0 Å². The van der Waals surface area contributed by atoms with Crippen LogP contribution in [0.25, 0.3) is 0 Å². The van der Waals surface area contributed by atoms with Crippen molar-refractivity contribution in [3.8, 4) is 5.75 Å². The SMILES string of the molecule is C[C@H](N[P@](=O)(OC[C@@]1(F)O[C@@H](n2ccc(N)nc2=O)[C@](C)(O)[C@@H]1O)Oc1ccccc1)C(=O)O. The van der Waals surface area contributed by atoms with Crippen LogP contribution < -0.4 is 21.0 Å². The predicted molar refractivity (Wildman–Crippen MR) is 114 cm³/mol. The number of nitrogens with one attached hydrogen (secondary N) is 1. The topological polar surface area (TPSA) is 195 Å². The second-order valence-electron chi connectivity index (χ2n) is 7.79. The third-order valence-electron chi connectivity index (χ3n) is 5.00. The quantitative estimate of drug-likeness (QED) is 0.297. The number of halogens is 1. The van der Waals surface area contributed by atoms with Gasteiger partial charge >= 0.3 is 19.4 Å². The molecule has 1 aliphatic heterocycles. The van der Waals surface area contributed by atoms with Gasteiger partial charge in [-0.05, 0) is 32.0 Å². The molecule has 186 valence electrons. The van der Waals surface area contributed by atoms with Crippen molar-refractivity contribution in [2.24, 2.45) is 0 Å². The molecule has 2 heterocycles. The van der Waals surface area contributed by atoms with Crippen molar-refractivity contribution >= 4 is 19.5 Å². The fourth-order valence-corrected chi connectivity index (χ4v) is 4.68. The van der Waals surface area contributed by atoms with Crippen LogP contribution in [0.15, 0.2) is 47.4 Å². The smallest absolute Gasteiger partial charge is 0.459 e. The van der Waals surface area contributed by atoms with Crippen LogP contribution in [0, 0.1) is 0 Å². The van der Waals surface area contributed by atoms with Crippen molar-refractivity contribution in [1.29, 1.82) is 0 Å². The number of aliphatic carboxylic acids is 1. The van der Waals surface area contributed by atoms with Gasteiger partial charge in [0.05, 0.1) is 0 Å². The molecule has 15 heteroatoms. The molecule has 0 saturated carbocycles. The first kappa shape index (κ1) is 25.7. The first-order chi connectivity index (χ1) is 15.8. The monoisotopic (exact) mass is 502 g/mol. The standard InChI is InChI=1S/C19H24FN4O9P/c1-11(14(25)26)23-34(30,33-12-6-4-3-5-7-12)31-10-19(20)15(27)18(2,29)16(32-19)24-9-8-13(21)22-17(24)28/h3-9,11,15-16,27,29H,10H2,1-2H3,(H,23,30)(H,25,26)(H2,21,22,28)/t11-,15-,16+,18+,19+,34-/m0/s1. The summed E-state index contributed by atoms with van der Waals surface area (Å²) in [5.74, 6) is -4.71. The van der Waals surface area contributed by atoms with Gasteiger partial charge in [0, 0.05) is 6.20 Å². The summed E-state index contributed by atoms with van der Waals surface area (Å²) >= 11 is 0. The Hall–Kier alpha value is -2.87. The molecular formula is C19H24FN4O9P. The van der Waals surface area contributed by atoms with Crippen molar-refractivity contribution in [3.63, 3.8) is 0 Å². The maximum absolute atomic E-state index is 15.7. The van der Waals surface area contributed by atoms with Gasteiger partial charge in [-0.2, -0.15) is 10.1 Å². The normalized spacial score (nSPS) is 29.3. The van der Waals surface area contributed by atoms with E-state index in [9.17, 15) is 24.4 Å². The summed E-state index contributed by atoms with van der Waals surface area (Å²) in [4.78, 5) is 26.9. The lowest BCUT2D eigenvalue weighted by atomic mass is 9.95. The molecule has 1 saturated heterocycles. The van der Waals surface area contributed by atoms with Gasteiger partial charge in [-0.25, -0.2) is 13.8 Å².